The van der Waals surface area contributed by atoms with Crippen LogP contribution in [-0.4, -0.2) is 0 Å². The van der Waals surface area contributed by atoms with E-state index in [9.17, 15) is 0 Å². The second kappa shape index (κ2) is 5.87. The van der Waals surface area contributed by atoms with Gasteiger partial charge in [0.1, 0.15) is 0 Å². The smallest absolute Gasteiger partial charge is 0.0390 e. The number of fused-ring (bicyclic) bond motifs is 1. The van der Waals surface area contributed by atoms with Crippen LogP contribution < -0.4 is 5.73 Å². The Morgan fingerprint density at radius 2 is 1.75 bits per heavy atom. The lowest BCUT2D eigenvalue weighted by atomic mass is 9.73. The molecule has 1 unspecified atom stereocenters. The van der Waals surface area contributed by atoms with Crippen LogP contribution in [0.1, 0.15) is 51.1 Å². The maximum atomic E-state index is 6.62. The lowest BCUT2D eigenvalue weighted by molar-refractivity contribution is 0.204. The van der Waals surface area contributed by atoms with E-state index in [1.54, 1.807) is 0 Å². The molecule has 2 aromatic rings. The number of rotatable bonds is 3. The van der Waals surface area contributed by atoms with Crippen molar-refractivity contribution < 1.29 is 0 Å². The van der Waals surface area contributed by atoms with E-state index >= 15 is 0 Å². The van der Waals surface area contributed by atoms with Crippen LogP contribution in [0.4, 0.5) is 0 Å². The van der Waals surface area contributed by atoms with Gasteiger partial charge < -0.3 is 5.73 Å². The molecule has 0 aliphatic heterocycles. The summed E-state index contributed by atoms with van der Waals surface area (Å²) >= 11 is 1.83. The highest BCUT2D eigenvalue weighted by Crippen LogP contribution is 2.40. The van der Waals surface area contributed by atoms with Gasteiger partial charge in [-0.25, -0.2) is 0 Å². The molecule has 1 aromatic carbocycles. The molecule has 0 saturated heterocycles. The third-order valence-corrected chi connectivity index (χ3v) is 6.11. The Kier molecular flexibility index (Phi) is 4.13. The molecule has 1 fully saturated rings. The topological polar surface area (TPSA) is 26.0 Å². The summed E-state index contributed by atoms with van der Waals surface area (Å²) in [6, 6.07) is 9.00. The molecular formula is C18H25NS. The van der Waals surface area contributed by atoms with Gasteiger partial charge in [-0.2, -0.15) is 0 Å². The molecule has 1 aliphatic carbocycles. The van der Waals surface area contributed by atoms with Crippen molar-refractivity contribution in [2.75, 3.05) is 0 Å². The summed E-state index contributed by atoms with van der Waals surface area (Å²) in [6.45, 7) is 4.72. The van der Waals surface area contributed by atoms with E-state index < -0.39 is 0 Å². The Morgan fingerprint density at radius 3 is 2.45 bits per heavy atom. The molecule has 1 aromatic heterocycles. The lowest BCUT2D eigenvalue weighted by Gasteiger charge is -2.34. The molecule has 1 heterocycles. The number of nitrogens with two attached hydrogens (primary N) is 1. The quantitative estimate of drug-likeness (QED) is 0.807. The fourth-order valence-electron chi connectivity index (χ4n) is 3.70. The third kappa shape index (κ3) is 2.64. The lowest BCUT2D eigenvalue weighted by Crippen LogP contribution is -2.27. The number of thiophene rings is 1. The Balaban J connectivity index is 1.76. The first-order chi connectivity index (χ1) is 9.66. The Morgan fingerprint density at radius 1 is 1.05 bits per heavy atom. The maximum Gasteiger partial charge on any atom is 0.0390 e. The van der Waals surface area contributed by atoms with E-state index in [1.807, 2.05) is 11.3 Å². The van der Waals surface area contributed by atoms with Crippen molar-refractivity contribution in [1.29, 1.82) is 0 Å². The predicted molar refractivity (Wildman–Crippen MR) is 89.0 cm³/mol. The van der Waals surface area contributed by atoms with Gasteiger partial charge in [-0.3, -0.25) is 0 Å². The first kappa shape index (κ1) is 14.1. The van der Waals surface area contributed by atoms with Crippen LogP contribution in [-0.2, 0) is 0 Å². The van der Waals surface area contributed by atoms with Gasteiger partial charge in [0.2, 0.25) is 0 Å². The predicted octanol–water partition coefficient (Wildman–Crippen LogP) is 5.36. The highest BCUT2D eigenvalue weighted by molar-refractivity contribution is 7.17. The molecule has 1 aliphatic rings. The summed E-state index contributed by atoms with van der Waals surface area (Å²) in [5.41, 5.74) is 7.99. The van der Waals surface area contributed by atoms with E-state index in [4.69, 9.17) is 5.73 Å². The summed E-state index contributed by atoms with van der Waals surface area (Å²) in [7, 11) is 0. The standard InChI is InChI=1S/C18H25NS/c1-12(2)13-6-8-14(9-7-13)17(19)16-5-3-4-15-10-11-20-18(15)16/h3-5,10-14,17H,6-9,19H2,1-2H3. The van der Waals surface area contributed by atoms with Crippen molar-refractivity contribution in [1.82, 2.24) is 0 Å². The van der Waals surface area contributed by atoms with Gasteiger partial charge in [0.15, 0.2) is 0 Å². The van der Waals surface area contributed by atoms with Crippen molar-refractivity contribution in [3.8, 4) is 0 Å². The molecule has 0 amide bonds. The first-order valence-electron chi connectivity index (χ1n) is 7.88. The second-order valence-electron chi connectivity index (χ2n) is 6.63. The maximum absolute atomic E-state index is 6.62. The molecular weight excluding hydrogens is 262 g/mol. The zero-order valence-electron chi connectivity index (χ0n) is 12.5. The summed E-state index contributed by atoms with van der Waals surface area (Å²) < 4.78 is 1.39. The van der Waals surface area contributed by atoms with Crippen LogP contribution in [0.25, 0.3) is 10.1 Å². The van der Waals surface area contributed by atoms with E-state index in [0.717, 1.165) is 11.8 Å². The van der Waals surface area contributed by atoms with Gasteiger partial charge in [-0.05, 0) is 65.8 Å². The molecule has 2 N–H and O–H groups in total. The first-order valence-corrected chi connectivity index (χ1v) is 8.76. The van der Waals surface area contributed by atoms with Gasteiger partial charge in [0.05, 0.1) is 0 Å². The normalized spacial score (nSPS) is 25.2. The van der Waals surface area contributed by atoms with Crippen LogP contribution in [0.15, 0.2) is 29.6 Å². The Bertz CT molecular complexity index is 564. The van der Waals surface area contributed by atoms with Crippen molar-refractivity contribution >= 4 is 21.4 Å². The summed E-state index contributed by atoms with van der Waals surface area (Å²) in [5.74, 6) is 2.40. The van der Waals surface area contributed by atoms with Crippen LogP contribution in [0.2, 0.25) is 0 Å². The van der Waals surface area contributed by atoms with Crippen LogP contribution in [0, 0.1) is 17.8 Å². The van der Waals surface area contributed by atoms with Crippen LogP contribution in [0.3, 0.4) is 0 Å². The van der Waals surface area contributed by atoms with Gasteiger partial charge in [-0.15, -0.1) is 11.3 Å². The molecule has 1 saturated carbocycles. The van der Waals surface area contributed by atoms with Crippen molar-refractivity contribution in [3.05, 3.63) is 35.2 Å². The minimum atomic E-state index is 0.213. The average molecular weight is 287 g/mol. The van der Waals surface area contributed by atoms with Gasteiger partial charge >= 0.3 is 0 Å². The van der Waals surface area contributed by atoms with Gasteiger partial charge in [0, 0.05) is 10.7 Å². The highest BCUT2D eigenvalue weighted by atomic mass is 32.1. The monoisotopic (exact) mass is 287 g/mol. The average Bonchev–Trinajstić information content (AvgIpc) is 2.95. The molecule has 108 valence electrons. The molecule has 0 spiro atoms. The minimum Gasteiger partial charge on any atom is -0.324 e. The SMILES string of the molecule is CC(C)C1CCC(C(N)c2cccc3ccsc23)CC1. The molecule has 20 heavy (non-hydrogen) atoms. The summed E-state index contributed by atoms with van der Waals surface area (Å²) in [5, 5.41) is 3.52. The van der Waals surface area contributed by atoms with Crippen LogP contribution in [0.5, 0.6) is 0 Å². The fraction of sp³-hybridized carbons (Fsp3) is 0.556. The van der Waals surface area contributed by atoms with Crippen molar-refractivity contribution in [2.24, 2.45) is 23.5 Å². The summed E-state index contributed by atoms with van der Waals surface area (Å²) in [6.07, 6.45) is 5.31. The second-order valence-corrected chi connectivity index (χ2v) is 7.55. The van der Waals surface area contributed by atoms with Gasteiger partial charge in [-0.1, -0.05) is 32.0 Å². The molecule has 1 nitrogen and oxygen atoms in total. The Labute approximate surface area is 126 Å². The largest absolute Gasteiger partial charge is 0.324 e. The molecule has 0 radical (unpaired) electrons. The molecule has 2 heteroatoms. The van der Waals surface area contributed by atoms with E-state index in [1.165, 1.54) is 41.3 Å². The zero-order valence-corrected chi connectivity index (χ0v) is 13.3. The van der Waals surface area contributed by atoms with E-state index in [2.05, 4.69) is 43.5 Å². The minimum absolute atomic E-state index is 0.213. The van der Waals surface area contributed by atoms with Crippen LogP contribution >= 0.6 is 11.3 Å². The third-order valence-electron chi connectivity index (χ3n) is 5.14. The number of hydrogen-bond acceptors (Lipinski definition) is 2. The number of benzene rings is 1. The highest BCUT2D eigenvalue weighted by Gasteiger charge is 2.28. The molecule has 3 rings (SSSR count). The summed E-state index contributed by atoms with van der Waals surface area (Å²) in [4.78, 5) is 0. The Hall–Kier alpha value is -0.860. The van der Waals surface area contributed by atoms with E-state index in [0.29, 0.717) is 5.92 Å². The fourth-order valence-corrected chi connectivity index (χ4v) is 4.67. The number of hydrogen-bond donors (Lipinski definition) is 1. The molecule has 1 atom stereocenters. The molecule has 0 bridgehead atoms. The zero-order chi connectivity index (χ0) is 14.1. The van der Waals surface area contributed by atoms with Crippen molar-refractivity contribution in [3.63, 3.8) is 0 Å². The van der Waals surface area contributed by atoms with E-state index in [-0.39, 0.29) is 6.04 Å². The van der Waals surface area contributed by atoms with Crippen molar-refractivity contribution in [2.45, 2.75) is 45.6 Å². The van der Waals surface area contributed by atoms with Gasteiger partial charge in [0.25, 0.3) is 0 Å².